The van der Waals surface area contributed by atoms with Crippen molar-refractivity contribution in [3.63, 3.8) is 0 Å². The van der Waals surface area contributed by atoms with E-state index in [2.05, 4.69) is 11.8 Å². The Kier molecular flexibility index (Phi) is 6.78. The number of anilines is 1. The van der Waals surface area contributed by atoms with Gasteiger partial charge >= 0.3 is 0 Å². The second kappa shape index (κ2) is 9.80. The lowest BCUT2D eigenvalue weighted by atomic mass is 9.94. The molecule has 2 fully saturated rings. The number of ketones is 1. The number of fused-ring (bicyclic) bond motifs is 1. The van der Waals surface area contributed by atoms with Crippen LogP contribution in [0.15, 0.2) is 62.3 Å². The summed E-state index contributed by atoms with van der Waals surface area (Å²) in [5.74, 6) is 0.0638. The number of amides is 1. The van der Waals surface area contributed by atoms with Crippen molar-refractivity contribution in [3.8, 4) is 0 Å². The molecule has 0 N–H and O–H groups in total. The van der Waals surface area contributed by atoms with Crippen LogP contribution in [0.4, 0.5) is 11.4 Å². The lowest BCUT2D eigenvalue weighted by Gasteiger charge is -2.30. The minimum Gasteiger partial charge on any atom is -0.334 e. The van der Waals surface area contributed by atoms with E-state index in [9.17, 15) is 9.59 Å². The fourth-order valence-corrected chi connectivity index (χ4v) is 7.27. The van der Waals surface area contributed by atoms with E-state index in [1.165, 1.54) is 18.2 Å². The third-order valence-corrected chi connectivity index (χ3v) is 9.01. The van der Waals surface area contributed by atoms with Gasteiger partial charge in [0, 0.05) is 28.1 Å². The number of Topliss-reactive ketones (excluding diaryl/α,β-unsaturated/α-hetero) is 1. The van der Waals surface area contributed by atoms with Gasteiger partial charge in [0.2, 0.25) is 0 Å². The van der Waals surface area contributed by atoms with Gasteiger partial charge in [-0.3, -0.25) is 14.5 Å². The minimum atomic E-state index is 0.0260. The largest absolute Gasteiger partial charge is 0.334 e. The maximum absolute atomic E-state index is 13.9. The van der Waals surface area contributed by atoms with E-state index in [4.69, 9.17) is 16.6 Å². The van der Waals surface area contributed by atoms with Gasteiger partial charge < -0.3 is 4.90 Å². The minimum absolute atomic E-state index is 0.0260. The average Bonchev–Trinajstić information content (AvgIpc) is 3.36. The van der Waals surface area contributed by atoms with Crippen molar-refractivity contribution in [2.24, 2.45) is 4.99 Å². The number of carbonyl (C=O) groups is 2. The molecule has 5 nitrogen and oxygen atoms in total. The molecule has 0 aromatic heterocycles. The topological polar surface area (TPSA) is 53.0 Å². The van der Waals surface area contributed by atoms with Gasteiger partial charge in [-0.1, -0.05) is 42.6 Å². The number of halogens is 1. The van der Waals surface area contributed by atoms with Gasteiger partial charge in [-0.2, -0.15) is 0 Å². The van der Waals surface area contributed by atoms with Crippen LogP contribution in [-0.4, -0.2) is 34.3 Å². The Morgan fingerprint density at radius 1 is 1.09 bits per heavy atom. The number of benzene rings is 2. The monoisotopic (exact) mass is 511 g/mol. The van der Waals surface area contributed by atoms with Crippen molar-refractivity contribution in [1.82, 2.24) is 4.90 Å². The van der Waals surface area contributed by atoms with E-state index >= 15 is 0 Å². The quantitative estimate of drug-likeness (QED) is 0.320. The molecule has 1 amide bonds. The molecule has 0 unspecified atom stereocenters. The smallest absolute Gasteiger partial charge is 0.269 e. The highest BCUT2D eigenvalue weighted by Gasteiger charge is 2.42. The number of nitrogens with zero attached hydrogens (tertiary/aromatic N) is 3. The van der Waals surface area contributed by atoms with Crippen LogP contribution in [-0.2, 0) is 4.79 Å². The third kappa shape index (κ3) is 4.41. The van der Waals surface area contributed by atoms with Crippen LogP contribution in [0.5, 0.6) is 0 Å². The molecule has 1 aliphatic carbocycles. The van der Waals surface area contributed by atoms with Crippen molar-refractivity contribution < 1.29 is 9.59 Å². The van der Waals surface area contributed by atoms with Crippen LogP contribution in [0.3, 0.4) is 0 Å². The molecular weight excluding hydrogens is 486 g/mol. The molecule has 0 bridgehead atoms. The van der Waals surface area contributed by atoms with Crippen LogP contribution in [0.2, 0.25) is 5.02 Å². The summed E-state index contributed by atoms with van der Waals surface area (Å²) in [6.45, 7) is 4.39. The van der Waals surface area contributed by atoms with Crippen molar-refractivity contribution in [2.45, 2.75) is 56.9 Å². The molecule has 5 rings (SSSR count). The van der Waals surface area contributed by atoms with E-state index in [0.29, 0.717) is 10.6 Å². The van der Waals surface area contributed by atoms with Gasteiger partial charge in [0.15, 0.2) is 11.0 Å². The Balaban J connectivity index is 1.55. The van der Waals surface area contributed by atoms with Crippen LogP contribution >= 0.6 is 35.1 Å². The number of amidine groups is 1. The number of hydrogen-bond donors (Lipinski definition) is 0. The highest BCUT2D eigenvalue weighted by molar-refractivity contribution is 8.19. The van der Waals surface area contributed by atoms with Crippen molar-refractivity contribution in [1.29, 1.82) is 0 Å². The summed E-state index contributed by atoms with van der Waals surface area (Å²) < 4.78 is 0. The van der Waals surface area contributed by atoms with Crippen molar-refractivity contribution in [3.05, 3.63) is 63.0 Å². The van der Waals surface area contributed by atoms with Gasteiger partial charge in [0.05, 0.1) is 11.4 Å². The van der Waals surface area contributed by atoms with Crippen LogP contribution in [0, 0.1) is 0 Å². The first kappa shape index (κ1) is 23.5. The normalized spacial score (nSPS) is 22.1. The summed E-state index contributed by atoms with van der Waals surface area (Å²) >= 11 is 9.37. The van der Waals surface area contributed by atoms with Crippen LogP contribution < -0.4 is 4.90 Å². The summed E-state index contributed by atoms with van der Waals surface area (Å²) in [4.78, 5) is 36.4. The van der Waals surface area contributed by atoms with Gasteiger partial charge in [0.25, 0.3) is 5.91 Å². The zero-order chi connectivity index (χ0) is 23.8. The lowest BCUT2D eigenvalue weighted by Crippen LogP contribution is -2.40. The third-order valence-electron chi connectivity index (χ3n) is 6.42. The summed E-state index contributed by atoms with van der Waals surface area (Å²) in [6.07, 6.45) is 5.47. The summed E-state index contributed by atoms with van der Waals surface area (Å²) in [5, 5.41) is 2.36. The first-order valence-electron chi connectivity index (χ1n) is 11.7. The summed E-state index contributed by atoms with van der Waals surface area (Å²) in [5.41, 5.74) is 2.45. The summed E-state index contributed by atoms with van der Waals surface area (Å²) in [7, 11) is 0. The zero-order valence-electron chi connectivity index (χ0n) is 19.2. The van der Waals surface area contributed by atoms with E-state index < -0.39 is 0 Å². The molecule has 2 aliphatic heterocycles. The first-order chi connectivity index (χ1) is 16.5. The fourth-order valence-electron chi connectivity index (χ4n) is 4.67. The molecule has 3 aliphatic rings. The van der Waals surface area contributed by atoms with Gasteiger partial charge in [-0.25, -0.2) is 4.99 Å². The Morgan fingerprint density at radius 3 is 2.50 bits per heavy atom. The SMILES string of the molecule is CCN1/C(=C2/SC(=Nc3ccc(C(C)=O)cc3)N(C3CCCCC3)C2=O)Sc2ccc(Cl)cc21. The zero-order valence-corrected chi connectivity index (χ0v) is 21.6. The number of hydrogen-bond acceptors (Lipinski definition) is 6. The van der Waals surface area contributed by atoms with E-state index in [0.717, 1.165) is 63.6 Å². The average molecular weight is 512 g/mol. The number of aliphatic imine (C=N–C) groups is 1. The molecule has 2 aromatic rings. The first-order valence-corrected chi connectivity index (χ1v) is 13.7. The molecule has 2 heterocycles. The Labute approximate surface area is 213 Å². The van der Waals surface area contributed by atoms with Gasteiger partial charge in [-0.15, -0.1) is 0 Å². The summed E-state index contributed by atoms with van der Waals surface area (Å²) in [6, 6.07) is 13.3. The molecule has 0 radical (unpaired) electrons. The highest BCUT2D eigenvalue weighted by atomic mass is 35.5. The molecular formula is C26H26ClN3O2S2. The predicted molar refractivity (Wildman–Crippen MR) is 142 cm³/mol. The Bertz CT molecular complexity index is 1200. The fraction of sp³-hybridized carbons (Fsp3) is 0.346. The Hall–Kier alpha value is -2.22. The van der Waals surface area contributed by atoms with Crippen LogP contribution in [0.1, 0.15) is 56.3 Å². The molecule has 0 atom stereocenters. The van der Waals surface area contributed by atoms with Crippen LogP contribution in [0.25, 0.3) is 0 Å². The molecule has 0 spiro atoms. The number of carbonyl (C=O) groups excluding carboxylic acids is 2. The second-order valence-corrected chi connectivity index (χ2v) is 11.1. The van der Waals surface area contributed by atoms with E-state index in [1.807, 2.05) is 35.2 Å². The standard InChI is InChI=1S/C26H26ClN3O2S2/c1-3-29-21-15-18(27)11-14-22(21)33-25(29)23-24(32)30(20-7-5-4-6-8-20)26(34-23)28-19-12-9-17(10-13-19)16(2)31/h9-15,20H,3-8H2,1-2H3/b25-23-,28-26?. The van der Waals surface area contributed by atoms with E-state index in [1.54, 1.807) is 30.8 Å². The van der Waals surface area contributed by atoms with Crippen molar-refractivity contribution in [2.75, 3.05) is 11.4 Å². The Morgan fingerprint density at radius 2 is 1.82 bits per heavy atom. The predicted octanol–water partition coefficient (Wildman–Crippen LogP) is 7.24. The van der Waals surface area contributed by atoms with Gasteiger partial charge in [0.1, 0.15) is 9.93 Å². The number of thioether (sulfide) groups is 2. The molecule has 8 heteroatoms. The molecule has 1 saturated carbocycles. The lowest BCUT2D eigenvalue weighted by molar-refractivity contribution is -0.124. The second-order valence-electron chi connectivity index (χ2n) is 8.66. The van der Waals surface area contributed by atoms with Crippen molar-refractivity contribution >= 4 is 63.4 Å². The van der Waals surface area contributed by atoms with Gasteiger partial charge in [-0.05, 0) is 80.9 Å². The maximum Gasteiger partial charge on any atom is 0.269 e. The maximum atomic E-state index is 13.9. The highest BCUT2D eigenvalue weighted by Crippen LogP contribution is 2.52. The molecule has 1 saturated heterocycles. The van der Waals surface area contributed by atoms with E-state index in [-0.39, 0.29) is 17.7 Å². The molecule has 176 valence electrons. The molecule has 2 aromatic carbocycles. The number of rotatable bonds is 4. The molecule has 34 heavy (non-hydrogen) atoms.